The number of rotatable bonds is 7. The van der Waals surface area contributed by atoms with E-state index < -0.39 is 0 Å². The lowest BCUT2D eigenvalue weighted by Crippen LogP contribution is -2.02. The molecule has 0 fully saturated rings. The topological polar surface area (TPSA) is 48.1 Å². The third kappa shape index (κ3) is 4.20. The summed E-state index contributed by atoms with van der Waals surface area (Å²) >= 11 is 1.76. The predicted molar refractivity (Wildman–Crippen MR) is 68.7 cm³/mol. The number of ether oxygens (including phenoxy) is 1. The molecule has 1 aromatic rings. The number of methoxy groups -OCH3 is 1. The van der Waals surface area contributed by atoms with Crippen LogP contribution in [0.3, 0.4) is 0 Å². The molecular weight excluding hydrogens is 220 g/mol. The molecule has 0 bridgehead atoms. The maximum atomic E-state index is 5.74. The minimum atomic E-state index is 0.615. The van der Waals surface area contributed by atoms with Crippen LogP contribution < -0.4 is 5.73 Å². The quantitative estimate of drug-likeness (QED) is 0.747. The van der Waals surface area contributed by atoms with Gasteiger partial charge in [0.15, 0.2) is 0 Å². The Balaban J connectivity index is 2.62. The summed E-state index contributed by atoms with van der Waals surface area (Å²) in [4.78, 5) is 5.93. The zero-order chi connectivity index (χ0) is 12.0. The van der Waals surface area contributed by atoms with E-state index in [1.165, 1.54) is 15.6 Å². The molecule has 4 heteroatoms. The Labute approximate surface area is 102 Å². The molecule has 1 aromatic heterocycles. The number of aromatic nitrogens is 1. The molecule has 0 aliphatic carbocycles. The Kier molecular flexibility index (Phi) is 5.95. The second kappa shape index (κ2) is 6.99. The fourth-order valence-corrected chi connectivity index (χ4v) is 2.63. The highest BCUT2D eigenvalue weighted by Gasteiger charge is 2.11. The van der Waals surface area contributed by atoms with E-state index in [0.29, 0.717) is 12.5 Å². The zero-order valence-corrected chi connectivity index (χ0v) is 11.3. The molecule has 0 radical (unpaired) electrons. The van der Waals surface area contributed by atoms with Gasteiger partial charge in [0.25, 0.3) is 0 Å². The van der Waals surface area contributed by atoms with Crippen LogP contribution in [0.2, 0.25) is 0 Å². The summed E-state index contributed by atoms with van der Waals surface area (Å²) < 4.78 is 5.04. The molecule has 1 rings (SSSR count). The van der Waals surface area contributed by atoms with Crippen molar-refractivity contribution in [1.29, 1.82) is 0 Å². The second-order valence-corrected chi connectivity index (χ2v) is 5.54. The smallest absolute Gasteiger partial charge is 0.0932 e. The Hall–Kier alpha value is -0.450. The zero-order valence-electron chi connectivity index (χ0n) is 10.5. The minimum Gasteiger partial charge on any atom is -0.385 e. The number of thiazole rings is 1. The van der Waals surface area contributed by atoms with Gasteiger partial charge in [0.2, 0.25) is 0 Å². The average Bonchev–Trinajstić information content (AvgIpc) is 2.60. The highest BCUT2D eigenvalue weighted by atomic mass is 32.1. The fraction of sp³-hybridized carbons (Fsp3) is 0.750. The van der Waals surface area contributed by atoms with Gasteiger partial charge in [-0.2, -0.15) is 0 Å². The van der Waals surface area contributed by atoms with E-state index in [4.69, 9.17) is 10.5 Å². The number of hydrogen-bond acceptors (Lipinski definition) is 4. The van der Waals surface area contributed by atoms with Gasteiger partial charge >= 0.3 is 0 Å². The number of nitrogens with zero attached hydrogens (tertiary/aromatic N) is 1. The SMILES string of the molecule is COCCCc1nc(CC(C)C)c(CN)s1. The normalized spacial score (nSPS) is 11.3. The van der Waals surface area contributed by atoms with Crippen molar-refractivity contribution < 1.29 is 4.74 Å². The lowest BCUT2D eigenvalue weighted by atomic mass is 10.1. The van der Waals surface area contributed by atoms with Crippen LogP contribution in [0, 0.1) is 5.92 Å². The van der Waals surface area contributed by atoms with Gasteiger partial charge in [0.1, 0.15) is 0 Å². The van der Waals surface area contributed by atoms with Crippen LogP contribution in [0.4, 0.5) is 0 Å². The van der Waals surface area contributed by atoms with Crippen molar-refractivity contribution in [3.63, 3.8) is 0 Å². The van der Waals surface area contributed by atoms with Crippen molar-refractivity contribution in [3.05, 3.63) is 15.6 Å². The van der Waals surface area contributed by atoms with Crippen molar-refractivity contribution >= 4 is 11.3 Å². The highest BCUT2D eigenvalue weighted by molar-refractivity contribution is 7.11. The van der Waals surface area contributed by atoms with E-state index in [1.807, 2.05) is 0 Å². The van der Waals surface area contributed by atoms with E-state index in [9.17, 15) is 0 Å². The molecule has 0 saturated heterocycles. The molecule has 0 unspecified atom stereocenters. The average molecular weight is 242 g/mol. The lowest BCUT2D eigenvalue weighted by molar-refractivity contribution is 0.195. The van der Waals surface area contributed by atoms with E-state index in [2.05, 4.69) is 18.8 Å². The van der Waals surface area contributed by atoms with Crippen LogP contribution in [0.25, 0.3) is 0 Å². The first-order valence-corrected chi connectivity index (χ1v) is 6.65. The summed E-state index contributed by atoms with van der Waals surface area (Å²) in [6, 6.07) is 0. The number of aryl methyl sites for hydroxylation is 1. The second-order valence-electron chi connectivity index (χ2n) is 4.38. The van der Waals surface area contributed by atoms with Crippen LogP contribution in [0.1, 0.15) is 35.8 Å². The molecule has 0 atom stereocenters. The monoisotopic (exact) mass is 242 g/mol. The molecule has 92 valence electrons. The van der Waals surface area contributed by atoms with E-state index >= 15 is 0 Å². The lowest BCUT2D eigenvalue weighted by Gasteiger charge is -2.02. The predicted octanol–water partition coefficient (Wildman–Crippen LogP) is 2.38. The van der Waals surface area contributed by atoms with Crippen LogP contribution in [-0.4, -0.2) is 18.7 Å². The summed E-state index contributed by atoms with van der Waals surface area (Å²) in [6.45, 7) is 5.84. The Morgan fingerprint density at radius 2 is 2.19 bits per heavy atom. The molecule has 2 N–H and O–H groups in total. The van der Waals surface area contributed by atoms with Crippen molar-refractivity contribution in [2.24, 2.45) is 11.7 Å². The van der Waals surface area contributed by atoms with Crippen molar-refractivity contribution in [1.82, 2.24) is 4.98 Å². The molecule has 0 aliphatic heterocycles. The molecular formula is C12H22N2OS. The Bertz CT molecular complexity index is 310. The van der Waals surface area contributed by atoms with Crippen LogP contribution in [0.5, 0.6) is 0 Å². The van der Waals surface area contributed by atoms with Gasteiger partial charge in [0, 0.05) is 31.6 Å². The molecule has 3 nitrogen and oxygen atoms in total. The molecule has 1 heterocycles. The summed E-state index contributed by atoms with van der Waals surface area (Å²) in [6.07, 6.45) is 3.08. The van der Waals surface area contributed by atoms with Gasteiger partial charge in [-0.25, -0.2) is 4.98 Å². The van der Waals surface area contributed by atoms with Gasteiger partial charge in [0.05, 0.1) is 10.7 Å². The molecule has 16 heavy (non-hydrogen) atoms. The summed E-state index contributed by atoms with van der Waals surface area (Å²) in [5.74, 6) is 0.638. The van der Waals surface area contributed by atoms with Crippen LogP contribution in [-0.2, 0) is 24.1 Å². The first-order valence-electron chi connectivity index (χ1n) is 5.83. The van der Waals surface area contributed by atoms with Crippen molar-refractivity contribution in [2.45, 2.75) is 39.7 Å². The maximum absolute atomic E-state index is 5.74. The number of nitrogens with two attached hydrogens (primary N) is 1. The third-order valence-corrected chi connectivity index (χ3v) is 3.53. The van der Waals surface area contributed by atoms with Gasteiger partial charge in [-0.1, -0.05) is 13.8 Å². The van der Waals surface area contributed by atoms with Gasteiger partial charge in [-0.3, -0.25) is 0 Å². The number of hydrogen-bond donors (Lipinski definition) is 1. The van der Waals surface area contributed by atoms with Crippen LogP contribution >= 0.6 is 11.3 Å². The Morgan fingerprint density at radius 1 is 1.44 bits per heavy atom. The first-order chi connectivity index (χ1) is 7.67. The largest absolute Gasteiger partial charge is 0.385 e. The van der Waals surface area contributed by atoms with E-state index in [-0.39, 0.29) is 0 Å². The van der Waals surface area contributed by atoms with Crippen LogP contribution in [0.15, 0.2) is 0 Å². The van der Waals surface area contributed by atoms with E-state index in [0.717, 1.165) is 25.9 Å². The maximum Gasteiger partial charge on any atom is 0.0932 e. The minimum absolute atomic E-state index is 0.615. The van der Waals surface area contributed by atoms with Gasteiger partial charge in [-0.15, -0.1) is 11.3 Å². The summed E-state index contributed by atoms with van der Waals surface area (Å²) in [5, 5.41) is 1.20. The first kappa shape index (κ1) is 13.6. The molecule has 0 amide bonds. The molecule has 0 saturated carbocycles. The molecule has 0 aliphatic rings. The Morgan fingerprint density at radius 3 is 2.75 bits per heavy atom. The van der Waals surface area contributed by atoms with Gasteiger partial charge < -0.3 is 10.5 Å². The molecule has 0 spiro atoms. The van der Waals surface area contributed by atoms with Crippen molar-refractivity contribution in [3.8, 4) is 0 Å². The standard InChI is InChI=1S/C12H22N2OS/c1-9(2)7-10-11(8-13)16-12(14-10)5-4-6-15-3/h9H,4-8,13H2,1-3H3. The summed E-state index contributed by atoms with van der Waals surface area (Å²) in [7, 11) is 1.73. The van der Waals surface area contributed by atoms with Crippen molar-refractivity contribution in [2.75, 3.05) is 13.7 Å². The van der Waals surface area contributed by atoms with E-state index in [1.54, 1.807) is 18.4 Å². The third-order valence-electron chi connectivity index (χ3n) is 2.35. The fourth-order valence-electron chi connectivity index (χ4n) is 1.62. The molecule has 0 aromatic carbocycles. The van der Waals surface area contributed by atoms with Gasteiger partial charge in [-0.05, 0) is 18.8 Å². The summed E-state index contributed by atoms with van der Waals surface area (Å²) in [5.41, 5.74) is 6.94. The highest BCUT2D eigenvalue weighted by Crippen LogP contribution is 2.21.